The maximum atomic E-state index is 13.1. The van der Waals surface area contributed by atoms with E-state index in [-0.39, 0.29) is 5.91 Å². The van der Waals surface area contributed by atoms with Crippen LogP contribution in [-0.4, -0.2) is 50.7 Å². The molecule has 1 aromatic heterocycles. The van der Waals surface area contributed by atoms with E-state index >= 15 is 0 Å². The maximum Gasteiger partial charge on any atom is 0.254 e. The highest BCUT2D eigenvalue weighted by Gasteiger charge is 2.33. The molecule has 0 unspecified atom stereocenters. The molecule has 0 aliphatic carbocycles. The zero-order valence-corrected chi connectivity index (χ0v) is 15.1. The van der Waals surface area contributed by atoms with Crippen molar-refractivity contribution in [2.24, 2.45) is 5.92 Å². The van der Waals surface area contributed by atoms with E-state index in [0.717, 1.165) is 32.2 Å². The van der Waals surface area contributed by atoms with Gasteiger partial charge in [-0.05, 0) is 53.8 Å². The molecule has 7 nitrogen and oxygen atoms in total. The highest BCUT2D eigenvalue weighted by atomic mass is 16.5. The van der Waals surface area contributed by atoms with Crippen molar-refractivity contribution >= 4 is 5.91 Å². The number of nitrogens with zero attached hydrogens (tertiary/aromatic N) is 5. The van der Waals surface area contributed by atoms with Gasteiger partial charge in [0.15, 0.2) is 0 Å². The van der Waals surface area contributed by atoms with E-state index in [9.17, 15) is 4.79 Å². The molecule has 2 atom stereocenters. The van der Waals surface area contributed by atoms with E-state index in [1.54, 1.807) is 19.2 Å². The Morgan fingerprint density at radius 2 is 2.28 bits per heavy atom. The van der Waals surface area contributed by atoms with E-state index < -0.39 is 0 Å². The maximum absolute atomic E-state index is 13.1. The molecule has 1 aliphatic rings. The fraction of sp³-hybridized carbons (Fsp3) is 0.556. The van der Waals surface area contributed by atoms with Crippen LogP contribution in [0.1, 0.15) is 49.9 Å². The van der Waals surface area contributed by atoms with Crippen LogP contribution in [0.25, 0.3) is 5.69 Å². The van der Waals surface area contributed by atoms with Crippen molar-refractivity contribution in [1.29, 1.82) is 0 Å². The van der Waals surface area contributed by atoms with Gasteiger partial charge in [0.25, 0.3) is 5.91 Å². The van der Waals surface area contributed by atoms with Gasteiger partial charge in [-0.1, -0.05) is 20.3 Å². The fourth-order valence-corrected chi connectivity index (χ4v) is 3.72. The van der Waals surface area contributed by atoms with Crippen molar-refractivity contribution < 1.29 is 9.53 Å². The number of aromatic nitrogens is 4. The lowest BCUT2D eigenvalue weighted by atomic mass is 9.94. The molecule has 2 aromatic rings. The van der Waals surface area contributed by atoms with Crippen LogP contribution in [-0.2, 0) is 0 Å². The zero-order valence-electron chi connectivity index (χ0n) is 15.1. The Morgan fingerprint density at radius 1 is 1.44 bits per heavy atom. The molecule has 1 amide bonds. The normalized spacial score (nSPS) is 18.4. The number of ether oxygens (including phenoxy) is 1. The first kappa shape index (κ1) is 17.4. The molecule has 0 radical (unpaired) electrons. The highest BCUT2D eigenvalue weighted by molar-refractivity contribution is 5.95. The van der Waals surface area contributed by atoms with Crippen molar-refractivity contribution in [2.45, 2.75) is 45.6 Å². The number of hydrogen-bond donors (Lipinski definition) is 0. The number of likely N-dealkylation sites (tertiary alicyclic amines) is 1. The molecular formula is C18H25N5O2. The molecule has 0 N–H and O–H groups in total. The summed E-state index contributed by atoms with van der Waals surface area (Å²) in [5.74, 6) is 1.22. The third kappa shape index (κ3) is 3.50. The summed E-state index contributed by atoms with van der Waals surface area (Å²) in [4.78, 5) is 15.1. The third-order valence-corrected chi connectivity index (χ3v) is 4.98. The van der Waals surface area contributed by atoms with Gasteiger partial charge in [0.1, 0.15) is 17.8 Å². The first-order chi connectivity index (χ1) is 12.2. The monoisotopic (exact) mass is 343 g/mol. The molecule has 1 fully saturated rings. The molecule has 0 spiro atoms. The second kappa shape index (κ2) is 7.63. The Kier molecular flexibility index (Phi) is 5.31. The molecule has 0 saturated carbocycles. The predicted molar refractivity (Wildman–Crippen MR) is 93.8 cm³/mol. The Labute approximate surface area is 148 Å². The second-order valence-corrected chi connectivity index (χ2v) is 6.62. The van der Waals surface area contributed by atoms with Gasteiger partial charge in [0.2, 0.25) is 0 Å². The van der Waals surface area contributed by atoms with Crippen LogP contribution in [0.4, 0.5) is 0 Å². The number of amides is 1. The van der Waals surface area contributed by atoms with E-state index in [1.807, 2.05) is 11.0 Å². The zero-order chi connectivity index (χ0) is 17.8. The molecule has 25 heavy (non-hydrogen) atoms. The van der Waals surface area contributed by atoms with Gasteiger partial charge >= 0.3 is 0 Å². The van der Waals surface area contributed by atoms with Crippen LogP contribution in [0.2, 0.25) is 0 Å². The van der Waals surface area contributed by atoms with Crippen LogP contribution in [0.15, 0.2) is 24.5 Å². The van der Waals surface area contributed by atoms with Gasteiger partial charge in [-0.3, -0.25) is 4.79 Å². The van der Waals surface area contributed by atoms with Crippen LogP contribution in [0.3, 0.4) is 0 Å². The van der Waals surface area contributed by atoms with Gasteiger partial charge in [-0.2, -0.15) is 4.68 Å². The van der Waals surface area contributed by atoms with Crippen LogP contribution < -0.4 is 4.74 Å². The van der Waals surface area contributed by atoms with E-state index in [1.165, 1.54) is 11.0 Å². The predicted octanol–water partition coefficient (Wildman–Crippen LogP) is 2.71. The average molecular weight is 343 g/mol. The standard InChI is InChI=1S/C18H25N5O2/c1-4-6-13(2)15-7-5-10-22(15)18(24)14-8-9-17(25-3)16(11-14)23-12-19-20-21-23/h8-9,11-13,15H,4-7,10H2,1-3H3/t13-,15-/m0/s1. The summed E-state index contributed by atoms with van der Waals surface area (Å²) in [5.41, 5.74) is 1.30. The number of rotatable bonds is 6. The minimum Gasteiger partial charge on any atom is -0.494 e. The number of carbonyl (C=O) groups is 1. The van der Waals surface area contributed by atoms with Crippen LogP contribution in [0, 0.1) is 5.92 Å². The van der Waals surface area contributed by atoms with E-state index in [0.29, 0.717) is 29.0 Å². The molecule has 1 saturated heterocycles. The summed E-state index contributed by atoms with van der Waals surface area (Å²) in [6, 6.07) is 5.74. The quantitative estimate of drug-likeness (QED) is 0.806. The first-order valence-electron chi connectivity index (χ1n) is 8.88. The van der Waals surface area contributed by atoms with Crippen molar-refractivity contribution in [2.75, 3.05) is 13.7 Å². The van der Waals surface area contributed by atoms with Gasteiger partial charge in [-0.15, -0.1) is 5.10 Å². The molecule has 0 bridgehead atoms. The molecule has 3 rings (SSSR count). The number of carbonyl (C=O) groups excluding carboxylic acids is 1. The van der Waals surface area contributed by atoms with E-state index in [2.05, 4.69) is 29.4 Å². The average Bonchev–Trinajstić information content (AvgIpc) is 3.32. The highest BCUT2D eigenvalue weighted by Crippen LogP contribution is 2.30. The van der Waals surface area contributed by atoms with Crippen molar-refractivity contribution in [3.8, 4) is 11.4 Å². The Bertz CT molecular complexity index is 716. The molecule has 2 heterocycles. The fourth-order valence-electron chi connectivity index (χ4n) is 3.72. The smallest absolute Gasteiger partial charge is 0.254 e. The molecule has 1 aromatic carbocycles. The molecule has 134 valence electrons. The summed E-state index contributed by atoms with van der Waals surface area (Å²) in [6.45, 7) is 5.27. The van der Waals surface area contributed by atoms with Crippen molar-refractivity contribution in [3.63, 3.8) is 0 Å². The Morgan fingerprint density at radius 3 is 2.96 bits per heavy atom. The topological polar surface area (TPSA) is 73.1 Å². The number of methoxy groups -OCH3 is 1. The summed E-state index contributed by atoms with van der Waals surface area (Å²) < 4.78 is 6.89. The number of tetrazole rings is 1. The number of hydrogen-bond acceptors (Lipinski definition) is 5. The van der Waals surface area contributed by atoms with Gasteiger partial charge in [-0.25, -0.2) is 0 Å². The largest absolute Gasteiger partial charge is 0.494 e. The lowest BCUT2D eigenvalue weighted by Crippen LogP contribution is -2.39. The summed E-state index contributed by atoms with van der Waals surface area (Å²) in [7, 11) is 1.59. The number of benzene rings is 1. The lowest BCUT2D eigenvalue weighted by Gasteiger charge is -2.30. The lowest BCUT2D eigenvalue weighted by molar-refractivity contribution is 0.0689. The first-order valence-corrected chi connectivity index (χ1v) is 8.88. The van der Waals surface area contributed by atoms with Gasteiger partial charge < -0.3 is 9.64 Å². The summed E-state index contributed by atoms with van der Waals surface area (Å²) >= 11 is 0. The van der Waals surface area contributed by atoms with Crippen molar-refractivity contribution in [1.82, 2.24) is 25.1 Å². The van der Waals surface area contributed by atoms with Gasteiger partial charge in [0, 0.05) is 18.2 Å². The Hall–Kier alpha value is -2.44. The second-order valence-electron chi connectivity index (χ2n) is 6.62. The SMILES string of the molecule is CCC[C@H](C)[C@@H]1CCCN1C(=O)c1ccc(OC)c(-n2cnnn2)c1. The summed E-state index contributed by atoms with van der Waals surface area (Å²) in [5, 5.41) is 11.2. The summed E-state index contributed by atoms with van der Waals surface area (Å²) in [6.07, 6.45) is 5.94. The Balaban J connectivity index is 1.88. The van der Waals surface area contributed by atoms with E-state index in [4.69, 9.17) is 4.74 Å². The van der Waals surface area contributed by atoms with Gasteiger partial charge in [0.05, 0.1) is 7.11 Å². The third-order valence-electron chi connectivity index (χ3n) is 4.98. The minimum atomic E-state index is 0.0717. The molecule has 1 aliphatic heterocycles. The van der Waals surface area contributed by atoms with Crippen molar-refractivity contribution in [3.05, 3.63) is 30.1 Å². The molecular weight excluding hydrogens is 318 g/mol. The minimum absolute atomic E-state index is 0.0717. The molecule has 7 heteroatoms. The van der Waals surface area contributed by atoms with Crippen LogP contribution >= 0.6 is 0 Å². The van der Waals surface area contributed by atoms with Crippen LogP contribution in [0.5, 0.6) is 5.75 Å².